The van der Waals surface area contributed by atoms with E-state index in [1.165, 1.54) is 4.90 Å². The molecule has 1 aliphatic rings. The van der Waals surface area contributed by atoms with E-state index in [0.717, 1.165) is 11.1 Å². The minimum absolute atomic E-state index is 0.0318. The predicted molar refractivity (Wildman–Crippen MR) is 132 cm³/mol. The second-order valence-electron chi connectivity index (χ2n) is 8.65. The number of carboxylic acids is 1. The number of alkyl carbamates (subject to hydrolysis) is 1. The summed E-state index contributed by atoms with van der Waals surface area (Å²) < 4.78 is 5.28. The Bertz CT molecular complexity index is 1080. The summed E-state index contributed by atoms with van der Waals surface area (Å²) in [7, 11) is 0. The first-order valence-corrected chi connectivity index (χ1v) is 11.8. The highest BCUT2D eigenvalue weighted by Gasteiger charge is 2.33. The maximum absolute atomic E-state index is 13.3. The molecule has 1 heterocycles. The Hall–Kier alpha value is -4.25. The molecular formula is C26H30N4O7. The number of nitrogens with one attached hydrogen (secondary N) is 2. The number of nitrogens with zero attached hydrogens (tertiary/aromatic N) is 2. The Labute approximate surface area is 214 Å². The molecule has 1 saturated heterocycles. The van der Waals surface area contributed by atoms with Crippen molar-refractivity contribution in [2.45, 2.75) is 31.7 Å². The molecule has 0 saturated carbocycles. The maximum atomic E-state index is 13.3. The smallest absolute Gasteiger partial charge is 0.408 e. The molecule has 0 spiro atoms. The van der Waals surface area contributed by atoms with E-state index in [9.17, 15) is 24.0 Å². The molecule has 3 N–H and O–H groups in total. The van der Waals surface area contributed by atoms with Gasteiger partial charge in [-0.15, -0.1) is 0 Å². The number of ether oxygens (including phenoxy) is 1. The molecule has 0 aliphatic carbocycles. The minimum atomic E-state index is -1.24. The van der Waals surface area contributed by atoms with E-state index in [1.54, 1.807) is 0 Å². The highest BCUT2D eigenvalue weighted by Crippen LogP contribution is 2.11. The van der Waals surface area contributed by atoms with Crippen molar-refractivity contribution in [3.8, 4) is 0 Å². The molecule has 0 bridgehead atoms. The number of aldehydes is 1. The summed E-state index contributed by atoms with van der Waals surface area (Å²) >= 11 is 0. The molecule has 0 radical (unpaired) electrons. The van der Waals surface area contributed by atoms with Crippen LogP contribution < -0.4 is 10.6 Å². The van der Waals surface area contributed by atoms with Gasteiger partial charge >= 0.3 is 12.1 Å². The molecule has 37 heavy (non-hydrogen) atoms. The van der Waals surface area contributed by atoms with Crippen LogP contribution in [0.5, 0.6) is 0 Å². The number of carbonyl (C=O) groups is 5. The van der Waals surface area contributed by atoms with Gasteiger partial charge in [0.25, 0.3) is 0 Å². The Morgan fingerprint density at radius 1 is 1.03 bits per heavy atom. The molecular weight excluding hydrogens is 480 g/mol. The average molecular weight is 511 g/mol. The molecule has 11 heteroatoms. The summed E-state index contributed by atoms with van der Waals surface area (Å²) in [6, 6.07) is 16.5. The third kappa shape index (κ3) is 9.04. The van der Waals surface area contributed by atoms with E-state index < -0.39 is 42.4 Å². The Morgan fingerprint density at radius 2 is 1.68 bits per heavy atom. The maximum Gasteiger partial charge on any atom is 0.408 e. The van der Waals surface area contributed by atoms with E-state index in [-0.39, 0.29) is 26.2 Å². The molecule has 3 amide bonds. The molecule has 1 unspecified atom stereocenters. The zero-order valence-corrected chi connectivity index (χ0v) is 20.2. The predicted octanol–water partition coefficient (Wildman–Crippen LogP) is 0.784. The second kappa shape index (κ2) is 13.7. The summed E-state index contributed by atoms with van der Waals surface area (Å²) in [6.07, 6.45) is -0.994. The number of carbonyl (C=O) groups excluding carboxylic acids is 4. The molecule has 1 aliphatic heterocycles. The molecule has 2 aromatic rings. The Kier molecular flexibility index (Phi) is 10.1. The fraction of sp³-hybridized carbons (Fsp3) is 0.346. The number of carboxylic acid groups (broad SMARTS) is 1. The van der Waals surface area contributed by atoms with E-state index in [2.05, 4.69) is 10.6 Å². The summed E-state index contributed by atoms with van der Waals surface area (Å²) in [6.45, 7) is 0.987. The normalized spacial score (nSPS) is 16.8. The van der Waals surface area contributed by atoms with Crippen LogP contribution in [0.25, 0.3) is 0 Å². The Morgan fingerprint density at radius 3 is 2.30 bits per heavy atom. The first-order valence-electron chi connectivity index (χ1n) is 11.8. The molecule has 196 valence electrons. The number of benzene rings is 2. The topological polar surface area (TPSA) is 145 Å². The lowest BCUT2D eigenvalue weighted by Gasteiger charge is -2.24. The summed E-state index contributed by atoms with van der Waals surface area (Å²) in [4.78, 5) is 63.6. The molecule has 1 fully saturated rings. The van der Waals surface area contributed by atoms with Crippen LogP contribution in [0, 0.1) is 0 Å². The second-order valence-corrected chi connectivity index (χ2v) is 8.65. The van der Waals surface area contributed by atoms with Crippen molar-refractivity contribution in [3.05, 3.63) is 71.8 Å². The third-order valence-corrected chi connectivity index (χ3v) is 5.73. The van der Waals surface area contributed by atoms with Crippen molar-refractivity contribution in [3.63, 3.8) is 0 Å². The number of rotatable bonds is 11. The van der Waals surface area contributed by atoms with Crippen molar-refractivity contribution < 1.29 is 33.8 Å². The van der Waals surface area contributed by atoms with Crippen LogP contribution in [0.15, 0.2) is 60.7 Å². The first-order chi connectivity index (χ1) is 17.8. The molecule has 2 atom stereocenters. The highest BCUT2D eigenvalue weighted by atomic mass is 16.5. The van der Waals surface area contributed by atoms with Gasteiger partial charge < -0.3 is 30.2 Å². The van der Waals surface area contributed by atoms with Gasteiger partial charge in [-0.05, 0) is 11.1 Å². The molecule has 11 nitrogen and oxygen atoms in total. The van der Waals surface area contributed by atoms with Gasteiger partial charge in [0, 0.05) is 26.2 Å². The monoisotopic (exact) mass is 510 g/mol. The third-order valence-electron chi connectivity index (χ3n) is 5.73. The fourth-order valence-corrected chi connectivity index (χ4v) is 3.92. The molecule has 0 aromatic heterocycles. The van der Waals surface area contributed by atoms with Crippen molar-refractivity contribution in [1.29, 1.82) is 0 Å². The largest absolute Gasteiger partial charge is 0.481 e. The molecule has 2 aromatic carbocycles. The van der Waals surface area contributed by atoms with E-state index in [0.29, 0.717) is 19.4 Å². The van der Waals surface area contributed by atoms with Crippen LogP contribution >= 0.6 is 0 Å². The van der Waals surface area contributed by atoms with Gasteiger partial charge in [0.15, 0.2) is 0 Å². The number of hydrogen-bond donors (Lipinski definition) is 3. The summed E-state index contributed by atoms with van der Waals surface area (Å²) in [5.41, 5.74) is 1.81. The van der Waals surface area contributed by atoms with Gasteiger partial charge in [-0.2, -0.15) is 0 Å². The standard InChI is InChI=1S/C26H30N4O7/c31-17-21(13-24(33)34)27-23(32)16-30-12-11-29(14-19-7-3-1-4-8-19)15-22(25(30)35)28-26(36)37-18-20-9-5-2-6-10-20/h1-10,17,21-22H,11-16,18H2,(H,27,32)(H,28,36)(H,33,34)/t21?,22-/m0/s1. The molecule has 3 rings (SSSR count). The highest BCUT2D eigenvalue weighted by molar-refractivity contribution is 5.91. The van der Waals surface area contributed by atoms with Crippen molar-refractivity contribution in [2.75, 3.05) is 26.2 Å². The zero-order valence-electron chi connectivity index (χ0n) is 20.2. The summed E-state index contributed by atoms with van der Waals surface area (Å²) in [5.74, 6) is -2.39. The van der Waals surface area contributed by atoms with E-state index in [1.807, 2.05) is 65.6 Å². The van der Waals surface area contributed by atoms with Gasteiger partial charge in [0.05, 0.1) is 19.0 Å². The van der Waals surface area contributed by atoms with Crippen LogP contribution in [-0.2, 0) is 37.1 Å². The lowest BCUT2D eigenvalue weighted by molar-refractivity contribution is -0.140. The average Bonchev–Trinajstić information content (AvgIpc) is 3.02. The van der Waals surface area contributed by atoms with Gasteiger partial charge in [-0.25, -0.2) is 4.79 Å². The van der Waals surface area contributed by atoms with Gasteiger partial charge in [-0.1, -0.05) is 60.7 Å². The lowest BCUT2D eigenvalue weighted by atomic mass is 10.2. The van der Waals surface area contributed by atoms with Crippen molar-refractivity contribution in [2.24, 2.45) is 0 Å². The summed E-state index contributed by atoms with van der Waals surface area (Å²) in [5, 5.41) is 13.8. The van der Waals surface area contributed by atoms with Gasteiger partial charge in [0.1, 0.15) is 18.9 Å². The van der Waals surface area contributed by atoms with Crippen LogP contribution in [-0.4, -0.2) is 83.3 Å². The lowest BCUT2D eigenvalue weighted by Crippen LogP contribution is -2.53. The van der Waals surface area contributed by atoms with E-state index in [4.69, 9.17) is 9.84 Å². The van der Waals surface area contributed by atoms with Crippen LogP contribution in [0.3, 0.4) is 0 Å². The minimum Gasteiger partial charge on any atom is -0.481 e. The quantitative estimate of drug-likeness (QED) is 0.376. The van der Waals surface area contributed by atoms with Crippen LogP contribution in [0.1, 0.15) is 17.5 Å². The first kappa shape index (κ1) is 27.3. The number of amides is 3. The Balaban J connectivity index is 1.68. The SMILES string of the molecule is O=CC(CC(=O)O)NC(=O)CN1CCN(Cc2ccccc2)C[C@H](NC(=O)OCc2ccccc2)C1=O. The van der Waals surface area contributed by atoms with Gasteiger partial charge in [-0.3, -0.25) is 19.3 Å². The number of hydrogen-bond acceptors (Lipinski definition) is 7. The van der Waals surface area contributed by atoms with Crippen LogP contribution in [0.2, 0.25) is 0 Å². The van der Waals surface area contributed by atoms with Crippen molar-refractivity contribution in [1.82, 2.24) is 20.4 Å². The fourth-order valence-electron chi connectivity index (χ4n) is 3.92. The van der Waals surface area contributed by atoms with Gasteiger partial charge in [0.2, 0.25) is 11.8 Å². The van der Waals surface area contributed by atoms with E-state index >= 15 is 0 Å². The number of aliphatic carboxylic acids is 1. The van der Waals surface area contributed by atoms with Crippen LogP contribution in [0.4, 0.5) is 4.79 Å². The van der Waals surface area contributed by atoms with Crippen molar-refractivity contribution >= 4 is 30.2 Å². The zero-order chi connectivity index (χ0) is 26.6.